The van der Waals surface area contributed by atoms with Crippen molar-refractivity contribution in [3.05, 3.63) is 63.9 Å². The van der Waals surface area contributed by atoms with E-state index in [-0.39, 0.29) is 0 Å². The van der Waals surface area contributed by atoms with Crippen LogP contribution >= 0.6 is 15.9 Å². The Morgan fingerprint density at radius 3 is 2.46 bits per heavy atom. The molecule has 0 atom stereocenters. The average molecular weight is 467 g/mol. The number of aryl methyl sites for hydroxylation is 2. The fourth-order valence-electron chi connectivity index (χ4n) is 2.97. The third-order valence-electron chi connectivity index (χ3n) is 4.58. The van der Waals surface area contributed by atoms with E-state index in [1.54, 1.807) is 0 Å². The van der Waals surface area contributed by atoms with Gasteiger partial charge in [0.25, 0.3) is 0 Å². The molecule has 28 heavy (non-hydrogen) atoms. The van der Waals surface area contributed by atoms with Gasteiger partial charge >= 0.3 is 0 Å². The summed E-state index contributed by atoms with van der Waals surface area (Å²) in [5, 5.41) is 0. The Balaban J connectivity index is 1.68. The predicted molar refractivity (Wildman–Crippen MR) is 115 cm³/mol. The van der Waals surface area contributed by atoms with Gasteiger partial charge in [0.05, 0.1) is 16.7 Å². The van der Waals surface area contributed by atoms with E-state index in [1.165, 1.54) is 12.1 Å². The first-order valence-electron chi connectivity index (χ1n) is 9.38. The van der Waals surface area contributed by atoms with Gasteiger partial charge < -0.3 is 9.30 Å². The minimum Gasteiger partial charge on any atom is -0.361 e. The van der Waals surface area contributed by atoms with E-state index < -0.39 is 19.7 Å². The Morgan fingerprint density at radius 1 is 1.07 bits per heavy atom. The van der Waals surface area contributed by atoms with Gasteiger partial charge in [0.1, 0.15) is 18.4 Å². The molecule has 2 heterocycles. The molecule has 1 aromatic carbocycles. The highest BCUT2D eigenvalue weighted by atomic mass is 79.9. The van der Waals surface area contributed by atoms with Crippen LogP contribution < -0.4 is 0 Å². The Morgan fingerprint density at radius 2 is 1.79 bits per heavy atom. The Bertz CT molecular complexity index is 949. The summed E-state index contributed by atoms with van der Waals surface area (Å²) in [7, 11) is -1.09. The van der Waals surface area contributed by atoms with Crippen molar-refractivity contribution in [2.45, 2.75) is 45.3 Å². The van der Waals surface area contributed by atoms with Crippen molar-refractivity contribution in [2.75, 3.05) is 6.61 Å². The minimum atomic E-state index is -1.09. The highest BCUT2D eigenvalue weighted by Gasteiger charge is 2.13. The summed E-state index contributed by atoms with van der Waals surface area (Å²) >= 11 is 3.59. The number of ether oxygens (including phenoxy) is 1. The molecule has 0 unspecified atom stereocenters. The van der Waals surface area contributed by atoms with E-state index in [0.717, 1.165) is 39.9 Å². The van der Waals surface area contributed by atoms with Crippen molar-refractivity contribution in [2.24, 2.45) is 0 Å². The molecule has 3 rings (SSSR count). The van der Waals surface area contributed by atoms with Crippen LogP contribution in [0.25, 0.3) is 11.0 Å². The van der Waals surface area contributed by atoms with Gasteiger partial charge in [0.15, 0.2) is 0 Å². The zero-order chi connectivity index (χ0) is 20.3. The van der Waals surface area contributed by atoms with Crippen LogP contribution in [-0.4, -0.2) is 24.2 Å². The summed E-state index contributed by atoms with van der Waals surface area (Å²) in [5.74, 6) is -1.10. The maximum atomic E-state index is 13.4. The van der Waals surface area contributed by atoms with E-state index in [0.29, 0.717) is 25.1 Å². The van der Waals surface area contributed by atoms with E-state index in [2.05, 4.69) is 35.6 Å². The molecule has 0 aliphatic heterocycles. The lowest BCUT2D eigenvalue weighted by molar-refractivity contribution is 0.0902. The fourth-order valence-corrected chi connectivity index (χ4v) is 4.23. The number of nitrogens with zero attached hydrogens (tertiary/aromatic N) is 2. The average Bonchev–Trinajstić information content (AvgIpc) is 2.97. The van der Waals surface area contributed by atoms with Crippen LogP contribution in [0, 0.1) is 11.6 Å². The van der Waals surface area contributed by atoms with Gasteiger partial charge in [-0.05, 0) is 64.6 Å². The van der Waals surface area contributed by atoms with Gasteiger partial charge in [0, 0.05) is 31.4 Å². The topological polar surface area (TPSA) is 27.1 Å². The zero-order valence-corrected chi connectivity index (χ0v) is 19.0. The van der Waals surface area contributed by atoms with Crippen LogP contribution in [0.4, 0.5) is 8.78 Å². The lowest BCUT2D eigenvalue weighted by Gasteiger charge is -2.15. The van der Waals surface area contributed by atoms with Gasteiger partial charge in [-0.2, -0.15) is 0 Å². The maximum Gasteiger partial charge on any atom is 0.126 e. The monoisotopic (exact) mass is 466 g/mol. The van der Waals surface area contributed by atoms with Gasteiger partial charge in [-0.1, -0.05) is 19.6 Å². The molecule has 0 N–H and O–H groups in total. The molecule has 0 radical (unpaired) electrons. The van der Waals surface area contributed by atoms with Crippen LogP contribution in [0.5, 0.6) is 0 Å². The largest absolute Gasteiger partial charge is 0.361 e. The summed E-state index contributed by atoms with van der Waals surface area (Å²) in [6.45, 7) is 8.28. The predicted octanol–water partition coefficient (Wildman–Crippen LogP) is 6.17. The Labute approximate surface area is 173 Å². The van der Waals surface area contributed by atoms with Gasteiger partial charge in [-0.15, -0.1) is 0 Å². The number of benzene rings is 1. The summed E-state index contributed by atoms with van der Waals surface area (Å²) in [5.41, 5.74) is 3.38. The second kappa shape index (κ2) is 8.84. The molecular formula is C21H25BrF2N2OSi. The van der Waals surface area contributed by atoms with Crippen molar-refractivity contribution in [1.82, 2.24) is 9.55 Å². The molecule has 0 spiro atoms. The second-order valence-corrected chi connectivity index (χ2v) is 14.7. The minimum absolute atomic E-state index is 0.504. The summed E-state index contributed by atoms with van der Waals surface area (Å²) in [6, 6.07) is 8.76. The SMILES string of the molecule is C[Si](C)(C)CCOCn1ccc2nc(CCc3cc(F)cc(F)c3)c(Br)cc21. The molecule has 0 amide bonds. The third-order valence-corrected chi connectivity index (χ3v) is 6.97. The fraction of sp³-hybridized carbons (Fsp3) is 0.381. The number of pyridine rings is 1. The van der Waals surface area contributed by atoms with E-state index in [4.69, 9.17) is 9.72 Å². The molecular weight excluding hydrogens is 442 g/mol. The first kappa shape index (κ1) is 21.1. The Kier molecular flexibility index (Phi) is 6.68. The van der Waals surface area contributed by atoms with Gasteiger partial charge in [-0.25, -0.2) is 8.78 Å². The van der Waals surface area contributed by atoms with Crippen LogP contribution in [0.15, 0.2) is 41.0 Å². The van der Waals surface area contributed by atoms with Gasteiger partial charge in [-0.3, -0.25) is 4.98 Å². The van der Waals surface area contributed by atoms with E-state index in [9.17, 15) is 8.78 Å². The van der Waals surface area contributed by atoms with Crippen molar-refractivity contribution in [1.29, 1.82) is 0 Å². The van der Waals surface area contributed by atoms with Crippen molar-refractivity contribution in [3.63, 3.8) is 0 Å². The third kappa shape index (κ3) is 5.72. The van der Waals surface area contributed by atoms with Crippen molar-refractivity contribution >= 4 is 35.0 Å². The molecule has 0 bridgehead atoms. The second-order valence-electron chi connectivity index (χ2n) is 8.23. The molecule has 150 valence electrons. The number of rotatable bonds is 8. The molecule has 7 heteroatoms. The molecule has 0 aliphatic rings. The molecule has 0 aliphatic carbocycles. The normalized spacial score (nSPS) is 12.1. The summed E-state index contributed by atoms with van der Waals surface area (Å²) in [4.78, 5) is 4.72. The highest BCUT2D eigenvalue weighted by molar-refractivity contribution is 9.10. The number of hydrogen-bond donors (Lipinski definition) is 0. The van der Waals surface area contributed by atoms with Crippen LogP contribution in [0.2, 0.25) is 25.7 Å². The molecule has 3 nitrogen and oxygen atoms in total. The van der Waals surface area contributed by atoms with Crippen molar-refractivity contribution in [3.8, 4) is 0 Å². The summed E-state index contributed by atoms with van der Waals surface area (Å²) < 4.78 is 35.5. The lowest BCUT2D eigenvalue weighted by atomic mass is 10.1. The standard InChI is InChI=1S/C21H25BrF2N2OSi/c1-28(2,3)9-8-27-14-26-7-6-20-21(26)13-18(22)19(25-20)5-4-15-10-16(23)12-17(24)11-15/h6-7,10-13H,4-5,8-9,14H2,1-3H3. The first-order chi connectivity index (χ1) is 13.2. The number of fused-ring (bicyclic) bond motifs is 1. The number of aromatic nitrogens is 2. The van der Waals surface area contributed by atoms with E-state index in [1.807, 2.05) is 22.9 Å². The number of halogens is 3. The summed E-state index contributed by atoms with van der Waals surface area (Å²) in [6.07, 6.45) is 3.09. The smallest absolute Gasteiger partial charge is 0.126 e. The van der Waals surface area contributed by atoms with E-state index >= 15 is 0 Å². The quantitative estimate of drug-likeness (QED) is 0.293. The van der Waals surface area contributed by atoms with Crippen molar-refractivity contribution < 1.29 is 13.5 Å². The highest BCUT2D eigenvalue weighted by Crippen LogP contribution is 2.24. The first-order valence-corrected chi connectivity index (χ1v) is 13.9. The molecule has 3 aromatic rings. The Hall–Kier alpha value is -1.57. The maximum absolute atomic E-state index is 13.4. The zero-order valence-electron chi connectivity index (χ0n) is 16.4. The van der Waals surface area contributed by atoms with Crippen LogP contribution in [-0.2, 0) is 24.3 Å². The van der Waals surface area contributed by atoms with Gasteiger partial charge in [0.2, 0.25) is 0 Å². The molecule has 2 aromatic heterocycles. The van der Waals surface area contributed by atoms with Crippen LogP contribution in [0.1, 0.15) is 11.3 Å². The molecule has 0 fully saturated rings. The molecule has 0 saturated heterocycles. The molecule has 0 saturated carbocycles. The number of hydrogen-bond acceptors (Lipinski definition) is 2. The van der Waals surface area contributed by atoms with Crippen LogP contribution in [0.3, 0.4) is 0 Å². The lowest BCUT2D eigenvalue weighted by Crippen LogP contribution is -2.21.